The standard InChI is InChI=1S/C9H15ClN2O2S2/c1-3-4-8(10)5-12-16(13,14)9-6-11-7(2)15-9/h6,8,12H,3-5H2,1-2H3. The molecule has 1 unspecified atom stereocenters. The molecular weight excluding hydrogens is 268 g/mol. The molecule has 0 aromatic carbocycles. The first-order valence-corrected chi connectivity index (χ1v) is 7.75. The summed E-state index contributed by atoms with van der Waals surface area (Å²) < 4.78 is 26.2. The summed E-state index contributed by atoms with van der Waals surface area (Å²) in [6.07, 6.45) is 3.10. The summed E-state index contributed by atoms with van der Waals surface area (Å²) >= 11 is 7.10. The molecule has 92 valence electrons. The number of halogens is 1. The van der Waals surface area contributed by atoms with E-state index >= 15 is 0 Å². The Labute approximate surface area is 105 Å². The van der Waals surface area contributed by atoms with Crippen LogP contribution in [0, 0.1) is 6.92 Å². The van der Waals surface area contributed by atoms with Crippen LogP contribution in [0.15, 0.2) is 10.4 Å². The molecule has 16 heavy (non-hydrogen) atoms. The van der Waals surface area contributed by atoms with Crippen LogP contribution in [-0.4, -0.2) is 25.3 Å². The molecule has 1 atom stereocenters. The molecule has 1 rings (SSSR count). The molecule has 7 heteroatoms. The summed E-state index contributed by atoms with van der Waals surface area (Å²) in [5, 5.41) is 0.574. The van der Waals surface area contributed by atoms with Crippen LogP contribution in [0.4, 0.5) is 0 Å². The molecule has 0 saturated heterocycles. The second kappa shape index (κ2) is 5.95. The SMILES string of the molecule is CCCC(Cl)CNS(=O)(=O)c1cnc(C)s1. The van der Waals surface area contributed by atoms with Gasteiger partial charge in [0.05, 0.1) is 11.2 Å². The van der Waals surface area contributed by atoms with Gasteiger partial charge in [-0.1, -0.05) is 13.3 Å². The quantitative estimate of drug-likeness (QED) is 0.813. The van der Waals surface area contributed by atoms with E-state index in [2.05, 4.69) is 9.71 Å². The molecule has 1 N–H and O–H groups in total. The normalized spacial score (nSPS) is 13.9. The molecular formula is C9H15ClN2O2S2. The number of rotatable bonds is 6. The molecule has 0 aliphatic rings. The molecule has 0 amide bonds. The lowest BCUT2D eigenvalue weighted by molar-refractivity contribution is 0.578. The molecule has 1 aromatic rings. The first kappa shape index (κ1) is 13.9. The minimum absolute atomic E-state index is 0.159. The van der Waals surface area contributed by atoms with E-state index in [-0.39, 0.29) is 16.1 Å². The molecule has 1 aromatic heterocycles. The van der Waals surface area contributed by atoms with E-state index < -0.39 is 10.0 Å². The van der Waals surface area contributed by atoms with Crippen molar-refractivity contribution in [2.24, 2.45) is 0 Å². The lowest BCUT2D eigenvalue weighted by atomic mass is 10.2. The van der Waals surface area contributed by atoms with Crippen LogP contribution >= 0.6 is 22.9 Å². The first-order chi connectivity index (χ1) is 7.45. The van der Waals surface area contributed by atoms with Crippen molar-refractivity contribution in [3.63, 3.8) is 0 Å². The highest BCUT2D eigenvalue weighted by Crippen LogP contribution is 2.17. The third-order valence-electron chi connectivity index (χ3n) is 1.96. The number of hydrogen-bond donors (Lipinski definition) is 1. The molecule has 0 saturated carbocycles. The lowest BCUT2D eigenvalue weighted by Crippen LogP contribution is -2.29. The Morgan fingerprint density at radius 1 is 1.62 bits per heavy atom. The largest absolute Gasteiger partial charge is 0.251 e. The number of alkyl halides is 1. The van der Waals surface area contributed by atoms with Gasteiger partial charge in [0.2, 0.25) is 0 Å². The van der Waals surface area contributed by atoms with Crippen LogP contribution in [-0.2, 0) is 10.0 Å². The molecule has 1 heterocycles. The van der Waals surface area contributed by atoms with Crippen molar-refractivity contribution in [1.29, 1.82) is 0 Å². The average Bonchev–Trinajstić information content (AvgIpc) is 2.63. The Bertz CT molecular complexity index is 430. The fourth-order valence-electron chi connectivity index (χ4n) is 1.15. The van der Waals surface area contributed by atoms with Gasteiger partial charge in [0.25, 0.3) is 10.0 Å². The topological polar surface area (TPSA) is 59.1 Å². The summed E-state index contributed by atoms with van der Waals surface area (Å²) in [5.74, 6) is 0. The van der Waals surface area contributed by atoms with Crippen LogP contribution in [0.1, 0.15) is 24.8 Å². The first-order valence-electron chi connectivity index (χ1n) is 5.02. The van der Waals surface area contributed by atoms with E-state index in [9.17, 15) is 8.42 Å². The second-order valence-electron chi connectivity index (χ2n) is 3.44. The third kappa shape index (κ3) is 4.01. The zero-order chi connectivity index (χ0) is 12.2. The van der Waals surface area contributed by atoms with Crippen molar-refractivity contribution in [3.05, 3.63) is 11.2 Å². The number of hydrogen-bond acceptors (Lipinski definition) is 4. The van der Waals surface area contributed by atoms with E-state index in [0.29, 0.717) is 0 Å². The van der Waals surface area contributed by atoms with Crippen molar-refractivity contribution in [1.82, 2.24) is 9.71 Å². The number of aryl methyl sites for hydroxylation is 1. The van der Waals surface area contributed by atoms with Gasteiger partial charge in [-0.15, -0.1) is 22.9 Å². The molecule has 0 aliphatic carbocycles. The van der Waals surface area contributed by atoms with Crippen LogP contribution in [0.3, 0.4) is 0 Å². The summed E-state index contributed by atoms with van der Waals surface area (Å²) in [4.78, 5) is 3.91. The molecule has 0 bridgehead atoms. The minimum atomic E-state index is -3.43. The van der Waals surface area contributed by atoms with Crippen molar-refractivity contribution >= 4 is 33.0 Å². The zero-order valence-electron chi connectivity index (χ0n) is 9.23. The maximum absolute atomic E-state index is 11.8. The van der Waals surface area contributed by atoms with Gasteiger partial charge in [-0.05, 0) is 13.3 Å². The predicted octanol–water partition coefficient (Wildman–Crippen LogP) is 2.14. The molecule has 0 fully saturated rings. The van der Waals surface area contributed by atoms with E-state index in [4.69, 9.17) is 11.6 Å². The second-order valence-corrected chi connectivity index (χ2v) is 7.28. The van der Waals surface area contributed by atoms with E-state index in [0.717, 1.165) is 29.2 Å². The van der Waals surface area contributed by atoms with Gasteiger partial charge in [0, 0.05) is 11.9 Å². The van der Waals surface area contributed by atoms with Crippen molar-refractivity contribution in [2.75, 3.05) is 6.54 Å². The highest BCUT2D eigenvalue weighted by molar-refractivity contribution is 7.91. The number of sulfonamides is 1. The maximum Gasteiger partial charge on any atom is 0.251 e. The van der Waals surface area contributed by atoms with Crippen molar-refractivity contribution in [3.8, 4) is 0 Å². The van der Waals surface area contributed by atoms with Gasteiger partial charge < -0.3 is 0 Å². The van der Waals surface area contributed by atoms with Crippen molar-refractivity contribution < 1.29 is 8.42 Å². The molecule has 4 nitrogen and oxygen atoms in total. The Morgan fingerprint density at radius 2 is 2.31 bits per heavy atom. The van der Waals surface area contributed by atoms with Gasteiger partial charge >= 0.3 is 0 Å². The van der Waals surface area contributed by atoms with E-state index in [1.54, 1.807) is 6.92 Å². The summed E-state index contributed by atoms with van der Waals surface area (Å²) in [5.41, 5.74) is 0. The minimum Gasteiger partial charge on any atom is -0.249 e. The van der Waals surface area contributed by atoms with Crippen LogP contribution in [0.2, 0.25) is 0 Å². The highest BCUT2D eigenvalue weighted by atomic mass is 35.5. The third-order valence-corrected chi connectivity index (χ3v) is 5.13. The highest BCUT2D eigenvalue weighted by Gasteiger charge is 2.17. The van der Waals surface area contributed by atoms with Crippen molar-refractivity contribution in [2.45, 2.75) is 36.3 Å². The molecule has 0 aliphatic heterocycles. The smallest absolute Gasteiger partial charge is 0.249 e. The van der Waals surface area contributed by atoms with E-state index in [1.807, 2.05) is 6.92 Å². The maximum atomic E-state index is 11.8. The Kier molecular flexibility index (Phi) is 5.17. The van der Waals surface area contributed by atoms with Crippen LogP contribution < -0.4 is 4.72 Å². The predicted molar refractivity (Wildman–Crippen MR) is 66.6 cm³/mol. The van der Waals surface area contributed by atoms with E-state index in [1.165, 1.54) is 6.20 Å². The molecule has 0 radical (unpaired) electrons. The van der Waals surface area contributed by atoms with Gasteiger partial charge in [-0.25, -0.2) is 18.1 Å². The number of thiazole rings is 1. The van der Waals surface area contributed by atoms with Gasteiger partial charge in [0.15, 0.2) is 4.21 Å². The Hall–Kier alpha value is -0.170. The lowest BCUT2D eigenvalue weighted by Gasteiger charge is -2.08. The molecule has 0 spiro atoms. The average molecular weight is 283 g/mol. The summed E-state index contributed by atoms with van der Waals surface area (Å²) in [6.45, 7) is 4.04. The van der Waals surface area contributed by atoms with Crippen LogP contribution in [0.25, 0.3) is 0 Å². The zero-order valence-corrected chi connectivity index (χ0v) is 11.6. The fourth-order valence-corrected chi connectivity index (χ4v) is 3.77. The Balaban J connectivity index is 2.59. The Morgan fingerprint density at radius 3 is 2.81 bits per heavy atom. The monoisotopic (exact) mass is 282 g/mol. The van der Waals surface area contributed by atoms with Gasteiger partial charge in [0.1, 0.15) is 0 Å². The van der Waals surface area contributed by atoms with Crippen LogP contribution in [0.5, 0.6) is 0 Å². The summed E-state index contributed by atoms with van der Waals surface area (Å²) in [6, 6.07) is 0. The summed E-state index contributed by atoms with van der Waals surface area (Å²) in [7, 11) is -3.43. The number of nitrogens with zero attached hydrogens (tertiary/aromatic N) is 1. The van der Waals surface area contributed by atoms with Gasteiger partial charge in [-0.3, -0.25) is 0 Å². The fraction of sp³-hybridized carbons (Fsp3) is 0.667. The van der Waals surface area contributed by atoms with Gasteiger partial charge in [-0.2, -0.15) is 0 Å². The number of nitrogens with one attached hydrogen (secondary N) is 1. The number of aromatic nitrogens is 1.